The first-order chi connectivity index (χ1) is 11.3. The molecular formula is C20H19N3. The van der Waals surface area contributed by atoms with Crippen LogP contribution in [0.25, 0.3) is 11.1 Å². The predicted molar refractivity (Wildman–Crippen MR) is 92.1 cm³/mol. The molecule has 1 aliphatic rings. The molecule has 0 fully saturated rings. The number of fused-ring (bicyclic) bond motifs is 1. The molecule has 3 heteroatoms. The van der Waals surface area contributed by atoms with Crippen molar-refractivity contribution in [3.63, 3.8) is 0 Å². The maximum Gasteiger partial charge on any atom is 0.115 e. The molecule has 1 aliphatic heterocycles. The summed E-state index contributed by atoms with van der Waals surface area (Å²) < 4.78 is 0. The molecule has 0 spiro atoms. The summed E-state index contributed by atoms with van der Waals surface area (Å²) >= 11 is 0. The lowest BCUT2D eigenvalue weighted by atomic mass is 9.84. The number of rotatable bonds is 2. The van der Waals surface area contributed by atoms with Crippen molar-refractivity contribution >= 4 is 0 Å². The highest BCUT2D eigenvalue weighted by atomic mass is 15.1. The topological polar surface area (TPSA) is 29.0 Å². The largest absolute Gasteiger partial charge is 0.301 e. The summed E-state index contributed by atoms with van der Waals surface area (Å²) in [6.45, 7) is 2.05. The Morgan fingerprint density at radius 2 is 1.74 bits per heavy atom. The number of aromatic nitrogens is 2. The summed E-state index contributed by atoms with van der Waals surface area (Å²) in [7, 11) is 2.19. The standard InChI is InChI=1S/C20H19N3/c1-23-12-17-9-16(18-10-21-14-22-11-18)7-8-19(17)20(13-23)15-5-3-2-4-6-15/h2-11,14,20H,12-13H2,1H3/t20-/m1/s1. The van der Waals surface area contributed by atoms with Gasteiger partial charge >= 0.3 is 0 Å². The van der Waals surface area contributed by atoms with Crippen molar-refractivity contribution in [2.24, 2.45) is 0 Å². The minimum absolute atomic E-state index is 0.436. The molecule has 3 nitrogen and oxygen atoms in total. The van der Waals surface area contributed by atoms with Gasteiger partial charge in [0.25, 0.3) is 0 Å². The van der Waals surface area contributed by atoms with Gasteiger partial charge in [-0.15, -0.1) is 0 Å². The average Bonchev–Trinajstić information content (AvgIpc) is 2.62. The van der Waals surface area contributed by atoms with E-state index in [1.165, 1.54) is 22.3 Å². The molecule has 0 bridgehead atoms. The summed E-state index contributed by atoms with van der Waals surface area (Å²) in [4.78, 5) is 10.7. The van der Waals surface area contributed by atoms with Gasteiger partial charge in [-0.25, -0.2) is 9.97 Å². The zero-order valence-electron chi connectivity index (χ0n) is 13.2. The van der Waals surface area contributed by atoms with Crippen LogP contribution in [-0.2, 0) is 6.54 Å². The van der Waals surface area contributed by atoms with E-state index in [4.69, 9.17) is 0 Å². The third-order valence-corrected chi connectivity index (χ3v) is 4.55. The molecule has 0 radical (unpaired) electrons. The second kappa shape index (κ2) is 5.94. The molecule has 0 saturated carbocycles. The van der Waals surface area contributed by atoms with Gasteiger partial charge in [-0.3, -0.25) is 0 Å². The van der Waals surface area contributed by atoms with E-state index in [1.807, 2.05) is 12.4 Å². The highest BCUT2D eigenvalue weighted by molar-refractivity contribution is 5.64. The number of nitrogens with zero attached hydrogens (tertiary/aromatic N) is 3. The Kier molecular flexibility index (Phi) is 3.64. The first-order valence-electron chi connectivity index (χ1n) is 7.93. The first-order valence-corrected chi connectivity index (χ1v) is 7.93. The minimum Gasteiger partial charge on any atom is -0.301 e. The van der Waals surface area contributed by atoms with E-state index in [1.54, 1.807) is 6.33 Å². The Balaban J connectivity index is 1.77. The summed E-state index contributed by atoms with van der Waals surface area (Å²) in [5.74, 6) is 0.436. The van der Waals surface area contributed by atoms with Crippen molar-refractivity contribution in [2.75, 3.05) is 13.6 Å². The number of benzene rings is 2. The summed E-state index contributed by atoms with van der Waals surface area (Å²) in [6.07, 6.45) is 5.31. The number of hydrogen-bond donors (Lipinski definition) is 0. The van der Waals surface area contributed by atoms with Crippen LogP contribution < -0.4 is 0 Å². The molecule has 0 amide bonds. The van der Waals surface area contributed by atoms with E-state index in [0.717, 1.165) is 18.7 Å². The quantitative estimate of drug-likeness (QED) is 0.722. The fourth-order valence-corrected chi connectivity index (χ4v) is 3.45. The fourth-order valence-electron chi connectivity index (χ4n) is 3.45. The molecule has 0 saturated heterocycles. The SMILES string of the molecule is CN1Cc2cc(-c3cncnc3)ccc2[C@@H](c2ccccc2)C1. The van der Waals surface area contributed by atoms with Crippen molar-refractivity contribution < 1.29 is 0 Å². The Morgan fingerprint density at radius 3 is 2.52 bits per heavy atom. The molecule has 114 valence electrons. The fraction of sp³-hybridized carbons (Fsp3) is 0.200. The molecule has 3 aromatic rings. The van der Waals surface area contributed by atoms with E-state index in [9.17, 15) is 0 Å². The molecule has 23 heavy (non-hydrogen) atoms. The van der Waals surface area contributed by atoms with E-state index < -0.39 is 0 Å². The molecular weight excluding hydrogens is 282 g/mol. The highest BCUT2D eigenvalue weighted by Gasteiger charge is 2.24. The second-order valence-electron chi connectivity index (χ2n) is 6.20. The van der Waals surface area contributed by atoms with E-state index in [0.29, 0.717) is 5.92 Å². The van der Waals surface area contributed by atoms with Crippen molar-refractivity contribution in [1.29, 1.82) is 0 Å². The Bertz CT molecular complexity index is 800. The predicted octanol–water partition coefficient (Wildman–Crippen LogP) is 3.72. The maximum atomic E-state index is 4.13. The number of likely N-dealkylation sites (N-methyl/N-ethyl adjacent to an activating group) is 1. The average molecular weight is 301 g/mol. The zero-order chi connectivity index (χ0) is 15.6. The maximum absolute atomic E-state index is 4.13. The van der Waals surface area contributed by atoms with Crippen molar-refractivity contribution in [3.05, 3.63) is 83.9 Å². The van der Waals surface area contributed by atoms with Crippen molar-refractivity contribution in [3.8, 4) is 11.1 Å². The zero-order valence-corrected chi connectivity index (χ0v) is 13.2. The summed E-state index contributed by atoms with van der Waals surface area (Å²) in [5, 5.41) is 0. The van der Waals surface area contributed by atoms with Gasteiger partial charge in [-0.2, -0.15) is 0 Å². The lowest BCUT2D eigenvalue weighted by Gasteiger charge is -2.33. The van der Waals surface area contributed by atoms with Gasteiger partial charge in [-0.1, -0.05) is 42.5 Å². The Labute approximate surface area is 136 Å². The number of hydrogen-bond acceptors (Lipinski definition) is 3. The molecule has 1 atom stereocenters. The van der Waals surface area contributed by atoms with Crippen LogP contribution in [-0.4, -0.2) is 28.5 Å². The second-order valence-corrected chi connectivity index (χ2v) is 6.20. The van der Waals surface area contributed by atoms with Crippen LogP contribution in [0.1, 0.15) is 22.6 Å². The smallest absolute Gasteiger partial charge is 0.115 e. The van der Waals surface area contributed by atoms with Crippen LogP contribution in [0, 0.1) is 0 Å². The first kappa shape index (κ1) is 14.1. The normalized spacial score (nSPS) is 17.7. The molecule has 0 unspecified atom stereocenters. The third-order valence-electron chi connectivity index (χ3n) is 4.55. The summed E-state index contributed by atoms with van der Waals surface area (Å²) in [6, 6.07) is 17.5. The van der Waals surface area contributed by atoms with Crippen LogP contribution in [0.2, 0.25) is 0 Å². The lowest BCUT2D eigenvalue weighted by molar-refractivity contribution is 0.295. The van der Waals surface area contributed by atoms with Crippen molar-refractivity contribution in [2.45, 2.75) is 12.5 Å². The summed E-state index contributed by atoms with van der Waals surface area (Å²) in [5.41, 5.74) is 6.48. The van der Waals surface area contributed by atoms with E-state index in [-0.39, 0.29) is 0 Å². The van der Waals surface area contributed by atoms with Crippen LogP contribution in [0.4, 0.5) is 0 Å². The van der Waals surface area contributed by atoms with Gasteiger partial charge in [-0.05, 0) is 35.4 Å². The van der Waals surface area contributed by atoms with Crippen LogP contribution in [0.5, 0.6) is 0 Å². The van der Waals surface area contributed by atoms with Gasteiger partial charge in [0.05, 0.1) is 0 Å². The molecule has 0 N–H and O–H groups in total. The Morgan fingerprint density at radius 1 is 0.957 bits per heavy atom. The lowest BCUT2D eigenvalue weighted by Crippen LogP contribution is -2.30. The third kappa shape index (κ3) is 2.76. The molecule has 1 aromatic heterocycles. The van der Waals surface area contributed by atoms with E-state index in [2.05, 4.69) is 70.4 Å². The molecule has 2 aromatic carbocycles. The molecule has 2 heterocycles. The van der Waals surface area contributed by atoms with Gasteiger partial charge in [0.2, 0.25) is 0 Å². The van der Waals surface area contributed by atoms with Gasteiger partial charge in [0, 0.05) is 37.0 Å². The minimum atomic E-state index is 0.436. The van der Waals surface area contributed by atoms with Gasteiger partial charge < -0.3 is 4.90 Å². The monoisotopic (exact) mass is 301 g/mol. The van der Waals surface area contributed by atoms with Crippen molar-refractivity contribution in [1.82, 2.24) is 14.9 Å². The van der Waals surface area contributed by atoms with Crippen LogP contribution in [0.15, 0.2) is 67.3 Å². The molecule has 4 rings (SSSR count). The van der Waals surface area contributed by atoms with Crippen LogP contribution >= 0.6 is 0 Å². The van der Waals surface area contributed by atoms with E-state index >= 15 is 0 Å². The van der Waals surface area contributed by atoms with Crippen LogP contribution in [0.3, 0.4) is 0 Å². The highest BCUT2D eigenvalue weighted by Crippen LogP contribution is 2.35. The van der Waals surface area contributed by atoms with Gasteiger partial charge in [0.1, 0.15) is 6.33 Å². The Hall–Kier alpha value is -2.52. The van der Waals surface area contributed by atoms with Gasteiger partial charge in [0.15, 0.2) is 0 Å². The molecule has 0 aliphatic carbocycles.